The number of benzene rings is 3. The number of ketones is 1. The molecule has 4 aromatic rings. The number of hydrogen-bond donors (Lipinski definition) is 2. The Morgan fingerprint density at radius 2 is 1.71 bits per heavy atom. The maximum atomic E-state index is 12.9. The summed E-state index contributed by atoms with van der Waals surface area (Å²) in [6, 6.07) is 20.3. The third-order valence-electron chi connectivity index (χ3n) is 5.77. The summed E-state index contributed by atoms with van der Waals surface area (Å²) in [4.78, 5) is 24.8. The Morgan fingerprint density at radius 1 is 1.00 bits per heavy atom. The number of fused-ring (bicyclic) bond motifs is 1. The van der Waals surface area contributed by atoms with Crippen molar-refractivity contribution in [2.75, 3.05) is 7.05 Å². The summed E-state index contributed by atoms with van der Waals surface area (Å²) in [6.45, 7) is 0.612. The minimum Gasteiger partial charge on any atom is -0.355 e. The zero-order valence-electron chi connectivity index (χ0n) is 19.1. The van der Waals surface area contributed by atoms with E-state index in [9.17, 15) is 9.59 Å². The fourth-order valence-corrected chi connectivity index (χ4v) is 4.59. The van der Waals surface area contributed by atoms with Crippen molar-refractivity contribution in [2.45, 2.75) is 25.9 Å². The van der Waals surface area contributed by atoms with Gasteiger partial charge in [-0.3, -0.25) is 15.0 Å². The number of hydrogen-bond acceptors (Lipinski definition) is 3. The molecule has 0 fully saturated rings. The molecular formula is C26H25Br2ClN4O2. The molecule has 1 heterocycles. The van der Waals surface area contributed by atoms with Crippen LogP contribution in [0.2, 0.25) is 5.02 Å². The van der Waals surface area contributed by atoms with Gasteiger partial charge in [0.25, 0.3) is 5.91 Å². The van der Waals surface area contributed by atoms with Crippen molar-refractivity contribution in [1.29, 1.82) is 5.41 Å². The predicted molar refractivity (Wildman–Crippen MR) is 148 cm³/mol. The van der Waals surface area contributed by atoms with E-state index >= 15 is 0 Å². The van der Waals surface area contributed by atoms with Crippen LogP contribution in [0.3, 0.4) is 0 Å². The maximum absolute atomic E-state index is 12.9. The zero-order valence-corrected chi connectivity index (χ0v) is 23.1. The average molecular weight is 621 g/mol. The van der Waals surface area contributed by atoms with E-state index in [1.54, 1.807) is 35.9 Å². The number of Topliss-reactive ketones (excluding diaryl/α,β-unsaturated/α-hetero) is 1. The molecule has 0 aliphatic heterocycles. The molecular weight excluding hydrogens is 596 g/mol. The van der Waals surface area contributed by atoms with Crippen LogP contribution in [0.25, 0.3) is 11.0 Å². The van der Waals surface area contributed by atoms with E-state index in [1.165, 1.54) is 0 Å². The number of imidazole rings is 1. The molecule has 0 unspecified atom stereocenters. The van der Waals surface area contributed by atoms with E-state index in [-0.39, 0.29) is 40.8 Å². The number of para-hydroxylation sites is 1. The van der Waals surface area contributed by atoms with Crippen LogP contribution in [0, 0.1) is 5.41 Å². The Bertz CT molecular complexity index is 1430. The summed E-state index contributed by atoms with van der Waals surface area (Å²) in [5, 5.41) is 12.0. The van der Waals surface area contributed by atoms with Gasteiger partial charge in [-0.05, 0) is 54.8 Å². The van der Waals surface area contributed by atoms with Crippen LogP contribution in [-0.2, 0) is 19.5 Å². The van der Waals surface area contributed by atoms with Crippen molar-refractivity contribution in [2.24, 2.45) is 0 Å². The van der Waals surface area contributed by atoms with Gasteiger partial charge in [-0.1, -0.05) is 57.9 Å². The molecule has 0 spiro atoms. The molecule has 0 saturated heterocycles. The first kappa shape index (κ1) is 26.9. The monoisotopic (exact) mass is 618 g/mol. The van der Waals surface area contributed by atoms with Gasteiger partial charge in [-0.2, -0.15) is 0 Å². The Labute approximate surface area is 227 Å². The first-order valence-corrected chi connectivity index (χ1v) is 12.1. The van der Waals surface area contributed by atoms with E-state index in [0.717, 1.165) is 33.9 Å². The third kappa shape index (κ3) is 5.94. The van der Waals surface area contributed by atoms with Crippen LogP contribution in [0.15, 0.2) is 71.2 Å². The number of nitrogens with zero attached hydrogens (tertiary/aromatic N) is 2. The number of carbonyl (C=O) groups excluding carboxylic acids is 2. The van der Waals surface area contributed by atoms with E-state index in [1.807, 2.05) is 47.0 Å². The fraction of sp³-hybridized carbons (Fsp3) is 0.192. The number of aromatic nitrogens is 2. The van der Waals surface area contributed by atoms with Crippen LogP contribution >= 0.6 is 44.5 Å². The van der Waals surface area contributed by atoms with Gasteiger partial charge in [0.05, 0.1) is 22.6 Å². The number of carbonyl (C=O) groups is 2. The molecule has 6 nitrogen and oxygen atoms in total. The third-order valence-corrected chi connectivity index (χ3v) is 6.60. The van der Waals surface area contributed by atoms with Crippen molar-refractivity contribution in [3.8, 4) is 0 Å². The Kier molecular flexibility index (Phi) is 9.10. The highest BCUT2D eigenvalue weighted by molar-refractivity contribution is 9.10. The molecule has 0 radical (unpaired) electrons. The second-order valence-corrected chi connectivity index (χ2v) is 9.30. The summed E-state index contributed by atoms with van der Waals surface area (Å²) < 4.78 is 4.47. The van der Waals surface area contributed by atoms with Crippen LogP contribution < -0.4 is 10.9 Å². The van der Waals surface area contributed by atoms with Crippen molar-refractivity contribution in [3.05, 3.63) is 98.5 Å². The lowest BCUT2D eigenvalue weighted by atomic mass is 10.1. The van der Waals surface area contributed by atoms with Crippen LogP contribution in [0.4, 0.5) is 0 Å². The molecule has 0 saturated carbocycles. The summed E-state index contributed by atoms with van der Waals surface area (Å²) in [7, 11) is 1.61. The van der Waals surface area contributed by atoms with Crippen molar-refractivity contribution in [3.63, 3.8) is 0 Å². The SMILES string of the molecule is Br.CNC(=O)c1cccc(CCCn2c(=N)n(CC(=O)c3ccc(Br)cc3)c3cccc(Cl)c32)c1. The fourth-order valence-electron chi connectivity index (χ4n) is 4.06. The number of halogens is 3. The number of amides is 1. The first-order valence-electron chi connectivity index (χ1n) is 10.9. The van der Waals surface area contributed by atoms with Crippen LogP contribution in [0.5, 0.6) is 0 Å². The lowest BCUT2D eigenvalue weighted by Crippen LogP contribution is -2.27. The molecule has 0 aliphatic carbocycles. The van der Waals surface area contributed by atoms with Gasteiger partial charge in [-0.15, -0.1) is 17.0 Å². The van der Waals surface area contributed by atoms with Crippen LogP contribution in [-0.4, -0.2) is 27.9 Å². The van der Waals surface area contributed by atoms with Gasteiger partial charge < -0.3 is 14.5 Å². The Hall–Kier alpha value is -2.68. The number of aryl methyl sites for hydroxylation is 2. The van der Waals surface area contributed by atoms with E-state index < -0.39 is 0 Å². The molecule has 35 heavy (non-hydrogen) atoms. The second-order valence-electron chi connectivity index (χ2n) is 7.98. The zero-order chi connectivity index (χ0) is 24.2. The predicted octanol–water partition coefficient (Wildman–Crippen LogP) is 5.79. The number of rotatable bonds is 8. The molecule has 9 heteroatoms. The molecule has 0 atom stereocenters. The van der Waals surface area contributed by atoms with Gasteiger partial charge in [0.15, 0.2) is 5.78 Å². The molecule has 4 rings (SSSR count). The number of nitrogens with one attached hydrogen (secondary N) is 2. The smallest absolute Gasteiger partial charge is 0.251 e. The van der Waals surface area contributed by atoms with Crippen molar-refractivity contribution in [1.82, 2.24) is 14.5 Å². The van der Waals surface area contributed by atoms with E-state index in [0.29, 0.717) is 22.7 Å². The summed E-state index contributed by atoms with van der Waals surface area (Å²) >= 11 is 9.92. The Balaban J connectivity index is 0.00000342. The highest BCUT2D eigenvalue weighted by Crippen LogP contribution is 2.24. The highest BCUT2D eigenvalue weighted by atomic mass is 79.9. The average Bonchev–Trinajstić information content (AvgIpc) is 3.11. The quantitative estimate of drug-likeness (QED) is 0.245. The minimum atomic E-state index is -0.116. The lowest BCUT2D eigenvalue weighted by Gasteiger charge is -2.07. The van der Waals surface area contributed by atoms with Gasteiger partial charge in [0.1, 0.15) is 0 Å². The Morgan fingerprint density at radius 3 is 2.43 bits per heavy atom. The molecule has 3 aromatic carbocycles. The molecule has 182 valence electrons. The molecule has 2 N–H and O–H groups in total. The normalized spacial score (nSPS) is 10.7. The van der Waals surface area contributed by atoms with E-state index in [4.69, 9.17) is 17.0 Å². The molecule has 0 bridgehead atoms. The highest BCUT2D eigenvalue weighted by Gasteiger charge is 2.17. The molecule has 0 aliphatic rings. The molecule has 1 amide bonds. The minimum absolute atomic E-state index is 0. The van der Waals surface area contributed by atoms with Gasteiger partial charge >= 0.3 is 0 Å². The first-order chi connectivity index (χ1) is 16.4. The van der Waals surface area contributed by atoms with Gasteiger partial charge in [0.2, 0.25) is 5.62 Å². The lowest BCUT2D eigenvalue weighted by molar-refractivity contribution is 0.0958. The maximum Gasteiger partial charge on any atom is 0.251 e. The summed E-state index contributed by atoms with van der Waals surface area (Å²) in [5.41, 5.74) is 4.00. The topological polar surface area (TPSA) is 79.9 Å². The van der Waals surface area contributed by atoms with Crippen molar-refractivity contribution < 1.29 is 9.59 Å². The van der Waals surface area contributed by atoms with Gasteiger partial charge in [0, 0.05) is 29.2 Å². The second kappa shape index (κ2) is 11.8. The van der Waals surface area contributed by atoms with E-state index in [2.05, 4.69) is 21.2 Å². The van der Waals surface area contributed by atoms with Gasteiger partial charge in [-0.25, -0.2) is 0 Å². The largest absolute Gasteiger partial charge is 0.355 e. The summed E-state index contributed by atoms with van der Waals surface area (Å²) in [5.74, 6) is -0.189. The molecule has 1 aromatic heterocycles. The standard InChI is InChI=1S/C26H24BrClN4O2.BrH/c1-30-25(34)19-7-2-5-17(15-19)6-4-14-31-24-21(28)8-3-9-22(24)32(26(31)29)16-23(33)18-10-12-20(27)13-11-18;/h2-3,5,7-13,15,29H,4,6,14,16H2,1H3,(H,30,34);1H. The van der Waals surface area contributed by atoms with Crippen molar-refractivity contribution >= 4 is 67.2 Å². The van der Waals surface area contributed by atoms with Crippen LogP contribution in [0.1, 0.15) is 32.7 Å². The summed E-state index contributed by atoms with van der Waals surface area (Å²) in [6.07, 6.45) is 1.49.